The molecule has 0 spiro atoms. The van der Waals surface area contributed by atoms with Crippen LogP contribution >= 0.6 is 35.1 Å². The van der Waals surface area contributed by atoms with Gasteiger partial charge in [0.2, 0.25) is 5.28 Å². The van der Waals surface area contributed by atoms with Gasteiger partial charge in [-0.1, -0.05) is 0 Å². The zero-order chi connectivity index (χ0) is 22.4. The molecule has 2 aromatic rings. The number of hydrogen-bond donors (Lipinski definition) is 0. The van der Waals surface area contributed by atoms with E-state index < -0.39 is 47.9 Å². The molecule has 0 radical (unpaired) electrons. The first-order chi connectivity index (χ1) is 13.0. The van der Waals surface area contributed by atoms with Crippen LogP contribution in [0.25, 0.3) is 11.2 Å². The van der Waals surface area contributed by atoms with Gasteiger partial charge in [-0.15, -0.1) is 0 Å². The predicted molar refractivity (Wildman–Crippen MR) is 86.2 cm³/mol. The molecule has 0 aliphatic heterocycles. The first-order valence-electron chi connectivity index (χ1n) is 7.08. The van der Waals surface area contributed by atoms with Crippen molar-refractivity contribution in [1.29, 1.82) is 0 Å². The Bertz CT molecular complexity index is 1210. The Morgan fingerprint density at radius 3 is 2.14 bits per heavy atom. The number of nitrogens with zero attached hydrogens (tertiary/aromatic N) is 4. The summed E-state index contributed by atoms with van der Waals surface area (Å²) in [6, 6.07) is 0. The highest BCUT2D eigenvalue weighted by Gasteiger charge is 2.22. The number of hydrogen-bond acceptors (Lipinski definition) is 13. The van der Waals surface area contributed by atoms with Crippen LogP contribution in [0.4, 0.5) is 0 Å². The van der Waals surface area contributed by atoms with Gasteiger partial charge in [-0.3, -0.25) is 27.4 Å². The monoisotopic (exact) mass is 494 g/mol. The van der Waals surface area contributed by atoms with Crippen molar-refractivity contribution in [1.82, 2.24) is 18.7 Å². The van der Waals surface area contributed by atoms with E-state index in [0.29, 0.717) is 0 Å². The zero-order valence-corrected chi connectivity index (χ0v) is 17.8. The lowest BCUT2D eigenvalue weighted by Crippen LogP contribution is -2.37. The molecule has 0 aliphatic carbocycles. The van der Waals surface area contributed by atoms with Crippen LogP contribution in [0.1, 0.15) is 0 Å². The van der Waals surface area contributed by atoms with E-state index in [4.69, 9.17) is 11.6 Å². The van der Waals surface area contributed by atoms with Gasteiger partial charge in [0.05, 0.1) is 14.4 Å². The van der Waals surface area contributed by atoms with Crippen molar-refractivity contribution in [2.75, 3.05) is 6.61 Å². The molecule has 0 amide bonds. The van der Waals surface area contributed by atoms with Crippen molar-refractivity contribution in [3.63, 3.8) is 0 Å². The van der Waals surface area contributed by atoms with Crippen molar-refractivity contribution >= 4 is 46.2 Å². The summed E-state index contributed by atoms with van der Waals surface area (Å²) in [4.78, 5) is 71.1. The lowest BCUT2D eigenvalue weighted by atomic mass is 10.5. The third-order valence-corrected chi connectivity index (χ3v) is 7.25. The van der Waals surface area contributed by atoms with E-state index in [1.807, 2.05) is 0 Å². The molecule has 0 saturated heterocycles. The predicted octanol–water partition coefficient (Wildman–Crippen LogP) is -3.10. The second kappa shape index (κ2) is 8.17. The summed E-state index contributed by atoms with van der Waals surface area (Å²) < 4.78 is 46.2. The van der Waals surface area contributed by atoms with Crippen molar-refractivity contribution < 1.29 is 46.4 Å². The summed E-state index contributed by atoms with van der Waals surface area (Å²) in [6.07, 6.45) is 0. The molecule has 0 fully saturated rings. The third-order valence-electron chi connectivity index (χ3n) is 3.27. The van der Waals surface area contributed by atoms with Gasteiger partial charge < -0.3 is 33.2 Å². The third kappa shape index (κ3) is 5.72. The molecule has 0 aliphatic rings. The molecule has 2 atom stereocenters. The van der Waals surface area contributed by atoms with Crippen LogP contribution in [0.5, 0.6) is 0 Å². The van der Waals surface area contributed by atoms with Crippen molar-refractivity contribution in [3.8, 4) is 0 Å². The molecule has 0 aromatic carbocycles. The Kier molecular flexibility index (Phi) is 6.80. The summed E-state index contributed by atoms with van der Waals surface area (Å²) in [5.74, 6) is 0. The molecule has 16 nitrogen and oxygen atoms in total. The number of rotatable bonds is 8. The fourth-order valence-electron chi connectivity index (χ4n) is 2.15. The van der Waals surface area contributed by atoms with Crippen LogP contribution in [-0.2, 0) is 47.5 Å². The highest BCUT2D eigenvalue weighted by Crippen LogP contribution is 2.60. The van der Waals surface area contributed by atoms with Crippen LogP contribution in [0.3, 0.4) is 0 Å². The first-order valence-corrected chi connectivity index (χ1v) is 11.8. The maximum atomic E-state index is 12.3. The maximum absolute atomic E-state index is 12.3. The van der Waals surface area contributed by atoms with Gasteiger partial charge in [-0.05, 0) is 11.6 Å². The molecule has 2 heterocycles. The van der Waals surface area contributed by atoms with Gasteiger partial charge in [0.15, 0.2) is 11.2 Å². The number of aromatic nitrogens is 4. The molecule has 2 unspecified atom stereocenters. The number of phosphoric acid groups is 3. The highest BCUT2D eigenvalue weighted by atomic mass is 35.5. The lowest BCUT2D eigenvalue weighted by molar-refractivity contribution is -0.339. The highest BCUT2D eigenvalue weighted by molar-refractivity contribution is 7.64. The van der Waals surface area contributed by atoms with Crippen LogP contribution in [0.2, 0.25) is 5.28 Å². The van der Waals surface area contributed by atoms with E-state index in [-0.39, 0.29) is 16.4 Å². The number of imidazole rings is 1. The van der Waals surface area contributed by atoms with E-state index in [1.54, 1.807) is 0 Å². The molecule has 2 aromatic heterocycles. The van der Waals surface area contributed by atoms with E-state index >= 15 is 0 Å². The molecule has 164 valence electrons. The molecule has 0 N–H and O–H groups in total. The zero-order valence-electron chi connectivity index (χ0n) is 14.3. The minimum atomic E-state index is -6.10. The number of aryl methyl sites for hydroxylation is 1. The fraction of sp³-hybridized carbons (Fsp3) is 0.444. The minimum Gasteiger partial charge on any atom is -0.790 e. The van der Waals surface area contributed by atoms with Crippen LogP contribution in [0, 0.1) is 0 Å². The Morgan fingerprint density at radius 1 is 1.00 bits per heavy atom. The van der Waals surface area contributed by atoms with Gasteiger partial charge in [-0.2, -0.15) is 4.98 Å². The summed E-state index contributed by atoms with van der Waals surface area (Å²) in [7, 11) is -15.4. The minimum absolute atomic E-state index is 0.108. The van der Waals surface area contributed by atoms with Crippen LogP contribution < -0.4 is 30.8 Å². The van der Waals surface area contributed by atoms with Gasteiger partial charge >= 0.3 is 5.69 Å². The van der Waals surface area contributed by atoms with E-state index in [1.165, 1.54) is 14.1 Å². The van der Waals surface area contributed by atoms with E-state index in [0.717, 1.165) is 13.7 Å². The first kappa shape index (κ1) is 24.1. The number of phosphoric ester groups is 1. The van der Waals surface area contributed by atoms with Crippen molar-refractivity contribution in [3.05, 3.63) is 26.1 Å². The molecule has 20 heteroatoms. The lowest BCUT2D eigenvalue weighted by Gasteiger charge is -2.37. The Balaban J connectivity index is 2.22. The second-order valence-electron chi connectivity index (χ2n) is 5.25. The maximum Gasteiger partial charge on any atom is 0.332 e. The summed E-state index contributed by atoms with van der Waals surface area (Å²) >= 11 is 5.88. The van der Waals surface area contributed by atoms with Gasteiger partial charge in [-0.25, -0.2) is 9.11 Å². The smallest absolute Gasteiger partial charge is 0.332 e. The Hall–Kier alpha value is -1.15. The normalized spacial score (nSPS) is 16.7. The van der Waals surface area contributed by atoms with Gasteiger partial charge in [0.25, 0.3) is 21.2 Å². The summed E-state index contributed by atoms with van der Waals surface area (Å²) in [5.41, 5.74) is -1.79. The van der Waals surface area contributed by atoms with Crippen molar-refractivity contribution in [2.45, 2.75) is 6.54 Å². The molecular weight excluding hydrogens is 484 g/mol. The van der Waals surface area contributed by atoms with Gasteiger partial charge in [0.1, 0.15) is 0 Å². The molecule has 29 heavy (non-hydrogen) atoms. The molecule has 2 rings (SSSR count). The largest absolute Gasteiger partial charge is 0.790 e. The van der Waals surface area contributed by atoms with E-state index in [9.17, 15) is 42.9 Å². The Morgan fingerprint density at radius 2 is 1.59 bits per heavy atom. The topological polar surface area (TPSA) is 233 Å². The van der Waals surface area contributed by atoms with E-state index in [2.05, 4.69) is 18.1 Å². The molecular formula is C9H10ClN4O12P3-4. The summed E-state index contributed by atoms with van der Waals surface area (Å²) in [5, 5.41) is -0.319. The second-order valence-corrected chi connectivity index (χ2v) is 9.83. The molecule has 0 bridgehead atoms. The Labute approximate surface area is 165 Å². The number of halogens is 1. The molecule has 0 saturated carbocycles. The standard InChI is InChI=1S/C9H14ClN4O12P3/c1-12-6-5(7(15)13(2)9(12)16)14(8(10)11-6)3-4-24-28(20,21)26-29(22,23)25-27(17,18)19/h3-4H2,1-2H3,(H,20,21)(H,22,23)(H2,17,18,19)/p-4. The SMILES string of the molecule is Cn1c(=O)c2c(nc(Cl)n2CCOP(=O)([O-])OP(=O)([O-])OP(=O)([O-])[O-])n(C)c1=O. The quantitative estimate of drug-likeness (QED) is 0.261. The fourth-order valence-corrected chi connectivity index (χ4v) is 5.24. The average Bonchev–Trinajstić information content (AvgIpc) is 2.84. The van der Waals surface area contributed by atoms with Crippen LogP contribution in [-0.4, -0.2) is 25.3 Å². The van der Waals surface area contributed by atoms with Crippen molar-refractivity contribution in [2.24, 2.45) is 14.1 Å². The summed E-state index contributed by atoms with van der Waals surface area (Å²) in [6.45, 7) is -1.34. The van der Waals surface area contributed by atoms with Gasteiger partial charge in [0, 0.05) is 20.6 Å². The number of fused-ring (bicyclic) bond motifs is 1. The average molecular weight is 495 g/mol. The van der Waals surface area contributed by atoms with Crippen LogP contribution in [0.15, 0.2) is 9.59 Å².